The fourth-order valence-corrected chi connectivity index (χ4v) is 7.72. The molecule has 2 aromatic carbocycles. The van der Waals surface area contributed by atoms with E-state index >= 15 is 4.39 Å². The van der Waals surface area contributed by atoms with E-state index in [4.69, 9.17) is 10.3 Å². The fourth-order valence-electron chi connectivity index (χ4n) is 7.72. The monoisotopic (exact) mass is 824 g/mol. The van der Waals surface area contributed by atoms with Crippen LogP contribution in [-0.2, 0) is 24.1 Å². The van der Waals surface area contributed by atoms with E-state index in [1.54, 1.807) is 44.3 Å². The first-order valence-electron chi connectivity index (χ1n) is 19.4. The number of aromatic amines is 2. The van der Waals surface area contributed by atoms with E-state index in [9.17, 15) is 27.6 Å². The highest BCUT2D eigenvalue weighted by atomic mass is 19.4. The van der Waals surface area contributed by atoms with Gasteiger partial charge in [0.25, 0.3) is 0 Å². The van der Waals surface area contributed by atoms with Crippen LogP contribution >= 0.6 is 0 Å². The Morgan fingerprint density at radius 3 is 2.15 bits per heavy atom. The van der Waals surface area contributed by atoms with Crippen molar-refractivity contribution in [2.24, 2.45) is 23.7 Å². The molecule has 316 valence electrons. The Labute approximate surface area is 338 Å². The van der Waals surface area contributed by atoms with Gasteiger partial charge in [-0.3, -0.25) is 15.0 Å². The average molecular weight is 825 g/mol. The summed E-state index contributed by atoms with van der Waals surface area (Å²) in [5, 5.41) is 9.40. The van der Waals surface area contributed by atoms with Crippen LogP contribution in [0.2, 0.25) is 0 Å². The minimum absolute atomic E-state index is 0.00742. The zero-order valence-corrected chi connectivity index (χ0v) is 33.3. The number of nitrogens with one attached hydrogen (secondary N) is 4. The standard InChI is InChI=1S/C41H48F4N8O6/c1-22(2)29(20-58-59-21-46)38(54)52-16-6-7-31(52)36-47-18-30(48-36)26-12-8-24(9-13-26)25-10-14-27(15-11-25)34-35(42)51-37(49-34)32-17-28(41(43,44)45)19-53(32)39(55)33(23(3)4)50-40(56)57-5/h8-15,18,21-23,28-29,31-33,46H,6-7,16-17,19-20H2,1-5H3,(H,47,48)(H,49,51)(H,50,56)/t28-,29-,31-,32-,33-/m0/s1. The zero-order valence-electron chi connectivity index (χ0n) is 33.3. The van der Waals surface area contributed by atoms with Crippen LogP contribution in [0, 0.1) is 35.0 Å². The number of benzene rings is 2. The normalized spacial score (nSPS) is 19.3. The molecule has 3 amide bonds. The quantitative estimate of drug-likeness (QED) is 0.0251. The topological polar surface area (TPSA) is 179 Å². The maximum Gasteiger partial charge on any atom is 0.407 e. The van der Waals surface area contributed by atoms with Crippen molar-refractivity contribution in [1.29, 1.82) is 5.41 Å². The van der Waals surface area contributed by atoms with Gasteiger partial charge in [-0.15, -0.1) is 0 Å². The molecule has 4 heterocycles. The number of methoxy groups -OCH3 is 1. The molecular formula is C41H48F4N8O6. The Kier molecular flexibility index (Phi) is 13.1. The number of imidazole rings is 2. The van der Waals surface area contributed by atoms with Crippen molar-refractivity contribution in [3.05, 3.63) is 72.3 Å². The number of rotatable bonds is 14. The highest BCUT2D eigenvalue weighted by molar-refractivity contribution is 5.86. The average Bonchev–Trinajstić information content (AvgIpc) is 4.04. The van der Waals surface area contributed by atoms with E-state index in [0.717, 1.165) is 47.2 Å². The number of hydrogen-bond acceptors (Lipinski definition) is 9. The van der Waals surface area contributed by atoms with Gasteiger partial charge in [-0.1, -0.05) is 76.2 Å². The number of H-pyrrole nitrogens is 2. The maximum atomic E-state index is 15.4. The van der Waals surface area contributed by atoms with Gasteiger partial charge in [0.15, 0.2) is 0 Å². The first-order chi connectivity index (χ1) is 28.1. The van der Waals surface area contributed by atoms with Crippen molar-refractivity contribution in [3.63, 3.8) is 0 Å². The van der Waals surface area contributed by atoms with Gasteiger partial charge < -0.3 is 34.7 Å². The summed E-state index contributed by atoms with van der Waals surface area (Å²) in [5.74, 6) is -4.01. The Morgan fingerprint density at radius 1 is 0.915 bits per heavy atom. The summed E-state index contributed by atoms with van der Waals surface area (Å²) >= 11 is 0. The van der Waals surface area contributed by atoms with Gasteiger partial charge in [-0.2, -0.15) is 22.4 Å². The number of alkyl halides is 3. The predicted molar refractivity (Wildman–Crippen MR) is 208 cm³/mol. The number of amides is 3. The lowest BCUT2D eigenvalue weighted by Crippen LogP contribution is -2.51. The number of ether oxygens (including phenoxy) is 1. The van der Waals surface area contributed by atoms with Crippen LogP contribution in [0.1, 0.15) is 70.7 Å². The molecule has 2 aliphatic rings. The zero-order chi connectivity index (χ0) is 42.6. The lowest BCUT2D eigenvalue weighted by atomic mass is 9.95. The summed E-state index contributed by atoms with van der Waals surface area (Å²) in [6.07, 6.45) is -2.06. The molecule has 2 aliphatic heterocycles. The minimum atomic E-state index is -4.62. The molecule has 18 heteroatoms. The second kappa shape index (κ2) is 18.0. The summed E-state index contributed by atoms with van der Waals surface area (Å²) < 4.78 is 61.9. The lowest BCUT2D eigenvalue weighted by Gasteiger charge is -2.30. The molecule has 2 fully saturated rings. The van der Waals surface area contributed by atoms with Crippen molar-refractivity contribution >= 4 is 24.3 Å². The molecule has 14 nitrogen and oxygen atoms in total. The van der Waals surface area contributed by atoms with Gasteiger partial charge in [0, 0.05) is 18.7 Å². The van der Waals surface area contributed by atoms with Crippen molar-refractivity contribution in [2.45, 2.75) is 71.3 Å². The molecule has 0 saturated carbocycles. The summed E-state index contributed by atoms with van der Waals surface area (Å²) in [4.78, 5) is 66.4. The second-order valence-corrected chi connectivity index (χ2v) is 15.5. The van der Waals surface area contributed by atoms with Crippen molar-refractivity contribution < 1.29 is 46.5 Å². The number of alkyl carbamates (subject to hydrolysis) is 1. The third-order valence-corrected chi connectivity index (χ3v) is 11.1. The number of carbonyl (C=O) groups is 3. The first-order valence-corrected chi connectivity index (χ1v) is 19.4. The molecule has 6 rings (SSSR count). The number of likely N-dealkylation sites (tertiary alicyclic amines) is 2. The Morgan fingerprint density at radius 2 is 1.56 bits per heavy atom. The van der Waals surface area contributed by atoms with E-state index in [-0.39, 0.29) is 36.0 Å². The van der Waals surface area contributed by atoms with E-state index < -0.39 is 66.9 Å². The van der Waals surface area contributed by atoms with E-state index in [0.29, 0.717) is 24.3 Å². The number of halogens is 4. The van der Waals surface area contributed by atoms with Gasteiger partial charge in [0.2, 0.25) is 24.2 Å². The molecule has 2 aromatic heterocycles. The molecule has 0 bridgehead atoms. The van der Waals surface area contributed by atoms with Crippen LogP contribution in [0.5, 0.6) is 0 Å². The third-order valence-electron chi connectivity index (χ3n) is 11.1. The molecule has 59 heavy (non-hydrogen) atoms. The highest BCUT2D eigenvalue weighted by Gasteiger charge is 2.51. The Hall–Kier alpha value is -5.78. The van der Waals surface area contributed by atoms with E-state index in [2.05, 4.69) is 34.9 Å². The van der Waals surface area contributed by atoms with Crippen LogP contribution in [0.25, 0.3) is 33.6 Å². The highest BCUT2D eigenvalue weighted by Crippen LogP contribution is 2.44. The second-order valence-electron chi connectivity index (χ2n) is 15.5. The Balaban J connectivity index is 1.16. The van der Waals surface area contributed by atoms with Gasteiger partial charge in [0.05, 0.1) is 42.9 Å². The molecule has 0 spiro atoms. The molecule has 0 radical (unpaired) electrons. The number of nitrogens with zero attached hydrogens (tertiary/aromatic N) is 4. The van der Waals surface area contributed by atoms with Gasteiger partial charge in [0.1, 0.15) is 30.0 Å². The molecule has 0 unspecified atom stereocenters. The number of aromatic nitrogens is 4. The predicted octanol–water partition coefficient (Wildman–Crippen LogP) is 7.60. The minimum Gasteiger partial charge on any atom is -0.453 e. The van der Waals surface area contributed by atoms with E-state index in [1.165, 1.54) is 0 Å². The molecule has 0 aliphatic carbocycles. The lowest BCUT2D eigenvalue weighted by molar-refractivity contribution is -0.229. The molecule has 5 atom stereocenters. The summed E-state index contributed by atoms with van der Waals surface area (Å²) in [7, 11) is 1.11. The van der Waals surface area contributed by atoms with Crippen LogP contribution in [0.15, 0.2) is 54.7 Å². The summed E-state index contributed by atoms with van der Waals surface area (Å²) in [6, 6.07) is 12.0. The number of carbonyl (C=O) groups excluding carboxylic acids is 3. The number of hydrogen-bond donors (Lipinski definition) is 4. The summed E-state index contributed by atoms with van der Waals surface area (Å²) in [6.45, 7) is 7.10. The SMILES string of the molecule is COC(=O)N[C@H](C(=O)N1C[C@@H](C(F)(F)F)C[C@H]1c1nc(F)c(-c2ccc(-c3ccc(-c4cnc([C@@H]5CCCN5C(=O)[C@@H](COOC=N)C(C)C)[nH]4)cc3)cc2)[nH]1)C(C)C. The van der Waals surface area contributed by atoms with Crippen molar-refractivity contribution in [1.82, 2.24) is 35.1 Å². The van der Waals surface area contributed by atoms with Gasteiger partial charge in [-0.05, 0) is 47.8 Å². The van der Waals surface area contributed by atoms with Crippen LogP contribution < -0.4 is 5.32 Å². The van der Waals surface area contributed by atoms with Crippen LogP contribution in [-0.4, -0.2) is 93.1 Å². The largest absolute Gasteiger partial charge is 0.453 e. The first kappa shape index (κ1) is 42.8. The molecule has 2 saturated heterocycles. The third kappa shape index (κ3) is 9.42. The molecular weight excluding hydrogens is 776 g/mol. The van der Waals surface area contributed by atoms with Gasteiger partial charge >= 0.3 is 12.3 Å². The molecule has 4 aromatic rings. The van der Waals surface area contributed by atoms with Gasteiger partial charge in [-0.25, -0.2) is 14.8 Å². The Bertz CT molecular complexity index is 2100. The van der Waals surface area contributed by atoms with Crippen molar-refractivity contribution in [3.8, 4) is 33.6 Å². The fraction of sp³-hybridized carbons (Fsp3) is 0.463. The van der Waals surface area contributed by atoms with Crippen LogP contribution in [0.3, 0.4) is 0 Å². The molecule has 4 N–H and O–H groups in total. The van der Waals surface area contributed by atoms with E-state index in [1.807, 2.05) is 43.0 Å². The maximum absolute atomic E-state index is 15.4. The smallest absolute Gasteiger partial charge is 0.407 e. The van der Waals surface area contributed by atoms with Crippen LogP contribution in [0.4, 0.5) is 22.4 Å². The summed E-state index contributed by atoms with van der Waals surface area (Å²) in [5.41, 5.74) is 3.69. The van der Waals surface area contributed by atoms with Crippen molar-refractivity contribution in [2.75, 3.05) is 26.8 Å².